The van der Waals surface area contributed by atoms with Crippen LogP contribution >= 0.6 is 0 Å². The van der Waals surface area contributed by atoms with Crippen LogP contribution in [0, 0.1) is 5.92 Å². The molecule has 0 aliphatic rings. The van der Waals surface area contributed by atoms with Gasteiger partial charge in [-0.05, 0) is 32.6 Å². The topological polar surface area (TPSA) is 92.4 Å². The number of hydrogen-bond acceptors (Lipinski definition) is 3. The number of carboxylic acids is 1. The molecular formula is C15H30N2O3. The van der Waals surface area contributed by atoms with E-state index >= 15 is 0 Å². The lowest BCUT2D eigenvalue weighted by Gasteiger charge is -2.07. The van der Waals surface area contributed by atoms with E-state index in [4.69, 9.17) is 10.8 Å². The van der Waals surface area contributed by atoms with Crippen LogP contribution in [0.5, 0.6) is 0 Å². The highest BCUT2D eigenvalue weighted by Gasteiger charge is 2.11. The van der Waals surface area contributed by atoms with Gasteiger partial charge in [0.25, 0.3) is 0 Å². The van der Waals surface area contributed by atoms with Gasteiger partial charge in [0.1, 0.15) is 0 Å². The zero-order valence-corrected chi connectivity index (χ0v) is 12.9. The summed E-state index contributed by atoms with van der Waals surface area (Å²) in [5, 5.41) is 11.6. The maximum absolute atomic E-state index is 11.5. The van der Waals surface area contributed by atoms with E-state index in [0.717, 1.165) is 32.1 Å². The van der Waals surface area contributed by atoms with Crippen LogP contribution in [-0.2, 0) is 9.59 Å². The first-order chi connectivity index (χ1) is 9.43. The largest absolute Gasteiger partial charge is 0.481 e. The van der Waals surface area contributed by atoms with Crippen LogP contribution in [0.15, 0.2) is 0 Å². The summed E-state index contributed by atoms with van der Waals surface area (Å²) in [5.41, 5.74) is 5.67. The minimum atomic E-state index is -0.794. The van der Waals surface area contributed by atoms with E-state index in [0.29, 0.717) is 25.8 Å². The Morgan fingerprint density at radius 2 is 1.70 bits per heavy atom. The van der Waals surface area contributed by atoms with Gasteiger partial charge >= 0.3 is 5.97 Å². The van der Waals surface area contributed by atoms with Crippen molar-refractivity contribution in [3.8, 4) is 0 Å². The van der Waals surface area contributed by atoms with Gasteiger partial charge in [-0.1, -0.05) is 26.2 Å². The predicted octanol–water partition coefficient (Wildman–Crippen LogP) is 2.29. The minimum absolute atomic E-state index is 0.0261. The summed E-state index contributed by atoms with van der Waals surface area (Å²) in [5.74, 6) is -1.14. The molecule has 0 aliphatic heterocycles. The number of nitrogens with two attached hydrogens (primary N) is 1. The molecule has 0 spiro atoms. The molecule has 0 bridgehead atoms. The second kappa shape index (κ2) is 11.7. The number of carbonyl (C=O) groups excluding carboxylic acids is 1. The van der Waals surface area contributed by atoms with Crippen LogP contribution in [-0.4, -0.2) is 29.6 Å². The van der Waals surface area contributed by atoms with E-state index in [1.54, 1.807) is 6.92 Å². The van der Waals surface area contributed by atoms with Gasteiger partial charge < -0.3 is 16.2 Å². The number of amides is 1. The molecule has 1 amide bonds. The van der Waals surface area contributed by atoms with Crippen molar-refractivity contribution in [1.82, 2.24) is 5.32 Å². The smallest absolute Gasteiger partial charge is 0.306 e. The molecule has 20 heavy (non-hydrogen) atoms. The molecular weight excluding hydrogens is 256 g/mol. The molecule has 0 saturated carbocycles. The lowest BCUT2D eigenvalue weighted by Crippen LogP contribution is -2.24. The summed E-state index contributed by atoms with van der Waals surface area (Å²) in [6, 6.07) is 0.280. The van der Waals surface area contributed by atoms with Crippen molar-refractivity contribution in [1.29, 1.82) is 0 Å². The molecule has 0 aliphatic carbocycles. The molecule has 0 radical (unpaired) electrons. The van der Waals surface area contributed by atoms with Crippen molar-refractivity contribution >= 4 is 11.9 Å². The molecule has 0 aromatic rings. The van der Waals surface area contributed by atoms with Gasteiger partial charge in [0, 0.05) is 19.0 Å². The number of hydrogen-bond donors (Lipinski definition) is 3. The van der Waals surface area contributed by atoms with Gasteiger partial charge in [-0.15, -0.1) is 0 Å². The fourth-order valence-electron chi connectivity index (χ4n) is 1.95. The lowest BCUT2D eigenvalue weighted by molar-refractivity contribution is -0.141. The van der Waals surface area contributed by atoms with Gasteiger partial charge in [-0.2, -0.15) is 0 Å². The van der Waals surface area contributed by atoms with Crippen molar-refractivity contribution < 1.29 is 14.7 Å². The summed E-state index contributed by atoms with van der Waals surface area (Å²) in [6.45, 7) is 4.40. The first-order valence-corrected chi connectivity index (χ1v) is 7.68. The highest BCUT2D eigenvalue weighted by molar-refractivity contribution is 5.76. The van der Waals surface area contributed by atoms with Crippen LogP contribution < -0.4 is 11.1 Å². The minimum Gasteiger partial charge on any atom is -0.481 e. The summed E-state index contributed by atoms with van der Waals surface area (Å²) < 4.78 is 0. The Balaban J connectivity index is 3.35. The Morgan fingerprint density at radius 3 is 2.30 bits per heavy atom. The highest BCUT2D eigenvalue weighted by atomic mass is 16.4. The maximum atomic E-state index is 11.5. The lowest BCUT2D eigenvalue weighted by atomic mass is 10.0. The van der Waals surface area contributed by atoms with E-state index in [9.17, 15) is 9.59 Å². The van der Waals surface area contributed by atoms with Gasteiger partial charge in [-0.25, -0.2) is 0 Å². The molecule has 0 saturated heterocycles. The second-order valence-corrected chi connectivity index (χ2v) is 5.66. The van der Waals surface area contributed by atoms with E-state index < -0.39 is 5.97 Å². The number of unbranched alkanes of at least 4 members (excludes halogenated alkanes) is 3. The zero-order chi connectivity index (χ0) is 15.4. The molecule has 0 rings (SSSR count). The van der Waals surface area contributed by atoms with Crippen LogP contribution in [0.4, 0.5) is 0 Å². The zero-order valence-electron chi connectivity index (χ0n) is 12.9. The van der Waals surface area contributed by atoms with Gasteiger partial charge in [0.05, 0.1) is 5.92 Å². The Labute approximate surface area is 122 Å². The Hall–Kier alpha value is -1.10. The van der Waals surface area contributed by atoms with Crippen LogP contribution in [0.1, 0.15) is 65.2 Å². The monoisotopic (exact) mass is 286 g/mol. The molecule has 5 heteroatoms. The van der Waals surface area contributed by atoms with E-state index in [2.05, 4.69) is 5.32 Å². The molecule has 2 atom stereocenters. The average molecular weight is 286 g/mol. The number of nitrogens with one attached hydrogen (secondary N) is 1. The summed E-state index contributed by atoms with van der Waals surface area (Å²) in [7, 11) is 0. The maximum Gasteiger partial charge on any atom is 0.306 e. The van der Waals surface area contributed by atoms with Crippen LogP contribution in [0.2, 0.25) is 0 Å². The number of rotatable bonds is 12. The van der Waals surface area contributed by atoms with Gasteiger partial charge in [-0.3, -0.25) is 9.59 Å². The van der Waals surface area contributed by atoms with Crippen LogP contribution in [0.25, 0.3) is 0 Å². The number of aliphatic carboxylic acids is 1. The third kappa shape index (κ3) is 12.0. The molecule has 4 N–H and O–H groups in total. The van der Waals surface area contributed by atoms with Crippen molar-refractivity contribution in [2.75, 3.05) is 6.54 Å². The summed E-state index contributed by atoms with van der Waals surface area (Å²) in [6.07, 6.45) is 7.09. The first kappa shape index (κ1) is 18.9. The van der Waals surface area contributed by atoms with E-state index in [1.807, 2.05) is 6.92 Å². The van der Waals surface area contributed by atoms with E-state index in [1.165, 1.54) is 0 Å². The Bertz CT molecular complexity index is 280. The molecule has 5 nitrogen and oxygen atoms in total. The third-order valence-electron chi connectivity index (χ3n) is 3.37. The fraction of sp³-hybridized carbons (Fsp3) is 0.867. The third-order valence-corrected chi connectivity index (χ3v) is 3.37. The molecule has 2 unspecified atom stereocenters. The molecule has 0 fully saturated rings. The predicted molar refractivity (Wildman–Crippen MR) is 80.4 cm³/mol. The average Bonchev–Trinajstić information content (AvgIpc) is 2.36. The van der Waals surface area contributed by atoms with Crippen molar-refractivity contribution in [2.45, 2.75) is 71.3 Å². The SMILES string of the molecule is CC(N)CCCCCCNC(=O)CCCC(C)C(=O)O. The summed E-state index contributed by atoms with van der Waals surface area (Å²) in [4.78, 5) is 22.1. The van der Waals surface area contributed by atoms with Gasteiger partial charge in [0.2, 0.25) is 5.91 Å². The van der Waals surface area contributed by atoms with E-state index in [-0.39, 0.29) is 17.9 Å². The number of carboxylic acid groups (broad SMARTS) is 1. The normalized spacial score (nSPS) is 13.8. The van der Waals surface area contributed by atoms with Crippen molar-refractivity contribution in [2.24, 2.45) is 11.7 Å². The van der Waals surface area contributed by atoms with Crippen molar-refractivity contribution in [3.05, 3.63) is 0 Å². The Morgan fingerprint density at radius 1 is 1.05 bits per heavy atom. The van der Waals surface area contributed by atoms with Crippen molar-refractivity contribution in [3.63, 3.8) is 0 Å². The Kier molecular flexibility index (Phi) is 11.1. The standard InChI is InChI=1S/C15H30N2O3/c1-12(15(19)20)8-7-10-14(18)17-11-6-4-3-5-9-13(2)16/h12-13H,3-11,16H2,1-2H3,(H,17,18)(H,19,20). The summed E-state index contributed by atoms with van der Waals surface area (Å²) >= 11 is 0. The number of carbonyl (C=O) groups is 2. The van der Waals surface area contributed by atoms with Crippen LogP contribution in [0.3, 0.4) is 0 Å². The molecule has 0 aromatic carbocycles. The second-order valence-electron chi connectivity index (χ2n) is 5.66. The quantitative estimate of drug-likeness (QED) is 0.480. The molecule has 0 aromatic heterocycles. The molecule has 0 heterocycles. The highest BCUT2D eigenvalue weighted by Crippen LogP contribution is 2.08. The molecule has 118 valence electrons. The first-order valence-electron chi connectivity index (χ1n) is 7.68. The van der Waals surface area contributed by atoms with Gasteiger partial charge in [0.15, 0.2) is 0 Å². The fourth-order valence-corrected chi connectivity index (χ4v) is 1.95.